The lowest BCUT2D eigenvalue weighted by molar-refractivity contribution is 0.382. The van der Waals surface area contributed by atoms with Gasteiger partial charge in [-0.15, -0.1) is 0 Å². The second kappa shape index (κ2) is 9.12. The Morgan fingerprint density at radius 2 is 2.07 bits per heavy atom. The minimum absolute atomic E-state index is 0.668. The maximum atomic E-state index is 5.49. The smallest absolute Gasteiger partial charge is 0.193 e. The molecule has 1 aromatic carbocycles. The van der Waals surface area contributed by atoms with E-state index in [0.29, 0.717) is 6.54 Å². The van der Waals surface area contributed by atoms with Crippen LogP contribution in [0.2, 0.25) is 0 Å². The first-order chi connectivity index (χ1) is 13.6. The summed E-state index contributed by atoms with van der Waals surface area (Å²) < 4.78 is 12.8. The Labute approximate surface area is 165 Å². The summed E-state index contributed by atoms with van der Waals surface area (Å²) in [6.07, 6.45) is 4.89. The largest absolute Gasteiger partial charge is 0.497 e. The molecule has 1 N–H and O–H groups in total. The van der Waals surface area contributed by atoms with E-state index in [1.807, 2.05) is 54.0 Å². The third-order valence-corrected chi connectivity index (χ3v) is 4.55. The maximum Gasteiger partial charge on any atom is 0.193 e. The van der Waals surface area contributed by atoms with Gasteiger partial charge in [0, 0.05) is 57.6 Å². The van der Waals surface area contributed by atoms with E-state index in [1.165, 1.54) is 0 Å². The van der Waals surface area contributed by atoms with E-state index in [2.05, 4.69) is 26.4 Å². The topological polar surface area (TPSA) is 63.4 Å². The van der Waals surface area contributed by atoms with E-state index in [4.69, 9.17) is 9.47 Å². The van der Waals surface area contributed by atoms with Gasteiger partial charge in [0.2, 0.25) is 0 Å². The second-order valence-corrected chi connectivity index (χ2v) is 6.46. The molecule has 0 spiro atoms. The number of aliphatic imine (C=N–C) groups is 1. The minimum atomic E-state index is 0.668. The molecule has 0 bridgehead atoms. The highest BCUT2D eigenvalue weighted by Crippen LogP contribution is 2.25. The normalized spacial score (nSPS) is 11.5. The van der Waals surface area contributed by atoms with Gasteiger partial charge in [0.05, 0.1) is 19.9 Å². The lowest BCUT2D eigenvalue weighted by Gasteiger charge is -2.23. The number of nitrogens with zero attached hydrogens (tertiary/aromatic N) is 4. The van der Waals surface area contributed by atoms with Gasteiger partial charge in [-0.1, -0.05) is 6.07 Å². The SMILES string of the molecule is CN=C(NCCc1cn2ccccc2n1)N(C)Cc1ccc(OC)cc1OC. The van der Waals surface area contributed by atoms with Crippen molar-refractivity contribution < 1.29 is 9.47 Å². The van der Waals surface area contributed by atoms with Gasteiger partial charge in [0.15, 0.2) is 5.96 Å². The molecule has 0 unspecified atom stereocenters. The molecule has 0 aliphatic carbocycles. The van der Waals surface area contributed by atoms with Crippen LogP contribution in [0, 0.1) is 0 Å². The van der Waals surface area contributed by atoms with Gasteiger partial charge in [0.25, 0.3) is 0 Å². The number of rotatable bonds is 7. The Morgan fingerprint density at radius 3 is 2.79 bits per heavy atom. The van der Waals surface area contributed by atoms with Crippen molar-refractivity contribution in [2.75, 3.05) is 34.9 Å². The number of pyridine rings is 1. The number of nitrogens with one attached hydrogen (secondary N) is 1. The number of hydrogen-bond acceptors (Lipinski definition) is 4. The number of benzene rings is 1. The van der Waals surface area contributed by atoms with Crippen molar-refractivity contribution in [3.8, 4) is 11.5 Å². The second-order valence-electron chi connectivity index (χ2n) is 6.46. The summed E-state index contributed by atoms with van der Waals surface area (Å²) in [5.41, 5.74) is 3.08. The third kappa shape index (κ3) is 4.54. The number of imidazole rings is 1. The Bertz CT molecular complexity index is 918. The highest BCUT2D eigenvalue weighted by atomic mass is 16.5. The lowest BCUT2D eigenvalue weighted by atomic mass is 10.2. The van der Waals surface area contributed by atoms with Gasteiger partial charge in [-0.3, -0.25) is 4.99 Å². The molecule has 0 atom stereocenters. The maximum absolute atomic E-state index is 5.49. The van der Waals surface area contributed by atoms with Gasteiger partial charge in [-0.25, -0.2) is 4.98 Å². The van der Waals surface area contributed by atoms with Gasteiger partial charge in [-0.05, 0) is 24.3 Å². The highest BCUT2D eigenvalue weighted by Gasteiger charge is 2.11. The standard InChI is InChI=1S/C21H27N5O2/c1-22-21(23-11-10-17-15-26-12-6-5-7-20(26)24-17)25(2)14-16-8-9-18(27-3)13-19(16)28-4/h5-9,12-13,15H,10-11,14H2,1-4H3,(H,22,23). The van der Waals surface area contributed by atoms with E-state index in [-0.39, 0.29) is 0 Å². The first-order valence-corrected chi connectivity index (χ1v) is 9.20. The quantitative estimate of drug-likeness (QED) is 0.503. The van der Waals surface area contributed by atoms with Crippen LogP contribution in [0.15, 0.2) is 53.8 Å². The van der Waals surface area contributed by atoms with E-state index in [0.717, 1.165) is 47.3 Å². The van der Waals surface area contributed by atoms with Gasteiger partial charge in [0.1, 0.15) is 17.1 Å². The minimum Gasteiger partial charge on any atom is -0.497 e. The van der Waals surface area contributed by atoms with Crippen molar-refractivity contribution in [3.63, 3.8) is 0 Å². The molecule has 3 aromatic rings. The summed E-state index contributed by atoms with van der Waals surface area (Å²) in [6, 6.07) is 11.8. The van der Waals surface area contributed by atoms with Crippen LogP contribution < -0.4 is 14.8 Å². The zero-order valence-corrected chi connectivity index (χ0v) is 16.8. The van der Waals surface area contributed by atoms with E-state index in [9.17, 15) is 0 Å². The van der Waals surface area contributed by atoms with Crippen LogP contribution in [0.25, 0.3) is 5.65 Å². The molecular formula is C21H27N5O2. The number of fused-ring (bicyclic) bond motifs is 1. The first-order valence-electron chi connectivity index (χ1n) is 9.20. The van der Waals surface area contributed by atoms with E-state index in [1.54, 1.807) is 21.3 Å². The molecule has 2 heterocycles. The number of guanidine groups is 1. The van der Waals surface area contributed by atoms with Crippen LogP contribution in [-0.2, 0) is 13.0 Å². The van der Waals surface area contributed by atoms with Crippen molar-refractivity contribution >= 4 is 11.6 Å². The fraction of sp³-hybridized carbons (Fsp3) is 0.333. The van der Waals surface area contributed by atoms with Crippen LogP contribution in [0.3, 0.4) is 0 Å². The Balaban J connectivity index is 1.58. The first kappa shape index (κ1) is 19.5. The van der Waals surface area contributed by atoms with Gasteiger partial charge >= 0.3 is 0 Å². The predicted octanol–water partition coefficient (Wildman–Crippen LogP) is 2.60. The molecule has 0 saturated heterocycles. The van der Waals surface area contributed by atoms with Crippen molar-refractivity contribution in [2.24, 2.45) is 4.99 Å². The molecule has 0 aliphatic rings. The third-order valence-electron chi connectivity index (χ3n) is 4.55. The fourth-order valence-electron chi connectivity index (χ4n) is 3.11. The molecule has 0 aliphatic heterocycles. The van der Waals surface area contributed by atoms with Crippen molar-refractivity contribution in [1.29, 1.82) is 0 Å². The molecule has 28 heavy (non-hydrogen) atoms. The van der Waals surface area contributed by atoms with Crippen molar-refractivity contribution in [2.45, 2.75) is 13.0 Å². The molecule has 0 saturated carbocycles. The summed E-state index contributed by atoms with van der Waals surface area (Å²) in [5.74, 6) is 2.39. The fourth-order valence-corrected chi connectivity index (χ4v) is 3.11. The van der Waals surface area contributed by atoms with Crippen LogP contribution in [-0.4, -0.2) is 55.1 Å². The Kier molecular flexibility index (Phi) is 6.37. The highest BCUT2D eigenvalue weighted by molar-refractivity contribution is 5.79. The van der Waals surface area contributed by atoms with Crippen LogP contribution >= 0.6 is 0 Å². The lowest BCUT2D eigenvalue weighted by Crippen LogP contribution is -2.39. The van der Waals surface area contributed by atoms with Crippen molar-refractivity contribution in [1.82, 2.24) is 19.6 Å². The number of methoxy groups -OCH3 is 2. The monoisotopic (exact) mass is 381 g/mol. The number of ether oxygens (including phenoxy) is 2. The zero-order valence-electron chi connectivity index (χ0n) is 16.8. The van der Waals surface area contributed by atoms with E-state index >= 15 is 0 Å². The molecule has 3 rings (SSSR count). The van der Waals surface area contributed by atoms with E-state index < -0.39 is 0 Å². The average Bonchev–Trinajstić information content (AvgIpc) is 3.14. The molecule has 7 heteroatoms. The molecule has 2 aromatic heterocycles. The van der Waals surface area contributed by atoms with Crippen molar-refractivity contribution in [3.05, 3.63) is 60.0 Å². The summed E-state index contributed by atoms with van der Waals surface area (Å²) >= 11 is 0. The van der Waals surface area contributed by atoms with Crippen LogP contribution in [0.5, 0.6) is 11.5 Å². The molecule has 7 nitrogen and oxygen atoms in total. The number of hydrogen-bond donors (Lipinski definition) is 1. The summed E-state index contributed by atoms with van der Waals surface area (Å²) in [7, 11) is 7.11. The molecule has 0 fully saturated rings. The van der Waals surface area contributed by atoms with Crippen LogP contribution in [0.1, 0.15) is 11.3 Å². The van der Waals surface area contributed by atoms with Gasteiger partial charge in [-0.2, -0.15) is 0 Å². The molecule has 0 amide bonds. The Morgan fingerprint density at radius 1 is 1.21 bits per heavy atom. The molecular weight excluding hydrogens is 354 g/mol. The van der Waals surface area contributed by atoms with Crippen LogP contribution in [0.4, 0.5) is 0 Å². The number of aromatic nitrogens is 2. The average molecular weight is 381 g/mol. The Hall–Kier alpha value is -3.22. The molecule has 0 radical (unpaired) electrons. The summed E-state index contributed by atoms with van der Waals surface area (Å²) in [4.78, 5) is 11.1. The molecule has 148 valence electrons. The van der Waals surface area contributed by atoms with Gasteiger partial charge < -0.3 is 24.1 Å². The summed E-state index contributed by atoms with van der Waals surface area (Å²) in [6.45, 7) is 1.42. The zero-order chi connectivity index (χ0) is 19.9. The predicted molar refractivity (Wildman–Crippen MR) is 111 cm³/mol. The summed E-state index contributed by atoms with van der Waals surface area (Å²) in [5, 5.41) is 3.40.